The second-order valence-electron chi connectivity index (χ2n) is 23.1. The molecule has 1 atom stereocenters. The summed E-state index contributed by atoms with van der Waals surface area (Å²) >= 11 is 0. The Morgan fingerprint density at radius 1 is 0.278 bits per heavy atom. The highest BCUT2D eigenvalue weighted by Gasteiger charge is 2.19. The first-order chi connectivity index (χ1) is 39.0. The van der Waals surface area contributed by atoms with Crippen LogP contribution in [0.15, 0.2) is 72.9 Å². The second-order valence-corrected chi connectivity index (χ2v) is 23.1. The van der Waals surface area contributed by atoms with Crippen molar-refractivity contribution >= 4 is 17.9 Å². The van der Waals surface area contributed by atoms with Crippen LogP contribution in [-0.2, 0) is 28.6 Å². The zero-order chi connectivity index (χ0) is 57.1. The van der Waals surface area contributed by atoms with Gasteiger partial charge in [0.05, 0.1) is 6.42 Å². The normalized spacial score (nSPS) is 12.5. The van der Waals surface area contributed by atoms with E-state index in [1.54, 1.807) is 6.08 Å². The molecule has 0 amide bonds. The number of carbonyl (C=O) groups is 3. The molecule has 0 aliphatic heterocycles. The van der Waals surface area contributed by atoms with Crippen LogP contribution in [-0.4, -0.2) is 37.2 Å². The minimum Gasteiger partial charge on any atom is -0.462 e. The fraction of sp³-hybridized carbons (Fsp3) is 0.795. The maximum Gasteiger partial charge on any atom is 0.310 e. The molecule has 6 nitrogen and oxygen atoms in total. The van der Waals surface area contributed by atoms with Gasteiger partial charge in [-0.3, -0.25) is 14.4 Å². The molecule has 0 N–H and O–H groups in total. The molecule has 0 fully saturated rings. The molecular weight excluding hydrogens is 973 g/mol. The Bertz CT molecular complexity index is 1450. The molecule has 0 heterocycles. The van der Waals surface area contributed by atoms with Gasteiger partial charge in [-0.1, -0.05) is 338 Å². The topological polar surface area (TPSA) is 78.9 Å². The molecular formula is C73H130O6. The summed E-state index contributed by atoms with van der Waals surface area (Å²) < 4.78 is 16.8. The molecule has 0 aromatic heterocycles. The van der Waals surface area contributed by atoms with Crippen LogP contribution in [0.5, 0.6) is 0 Å². The van der Waals surface area contributed by atoms with E-state index in [4.69, 9.17) is 14.2 Å². The molecule has 0 spiro atoms. The van der Waals surface area contributed by atoms with E-state index in [1.165, 1.54) is 231 Å². The van der Waals surface area contributed by atoms with Gasteiger partial charge >= 0.3 is 17.9 Å². The van der Waals surface area contributed by atoms with Crippen molar-refractivity contribution in [3.63, 3.8) is 0 Å². The Morgan fingerprint density at radius 2 is 0.532 bits per heavy atom. The third-order valence-electron chi connectivity index (χ3n) is 15.2. The Morgan fingerprint density at radius 3 is 0.835 bits per heavy atom. The van der Waals surface area contributed by atoms with Gasteiger partial charge in [0.25, 0.3) is 0 Å². The molecule has 79 heavy (non-hydrogen) atoms. The number of rotatable bonds is 63. The van der Waals surface area contributed by atoms with Crippen molar-refractivity contribution in [2.24, 2.45) is 0 Å². The summed E-state index contributed by atoms with van der Waals surface area (Å²) in [5, 5.41) is 0. The Hall–Kier alpha value is -3.15. The number of carbonyl (C=O) groups excluding carboxylic acids is 3. The second kappa shape index (κ2) is 67.4. The molecule has 0 aromatic rings. The lowest BCUT2D eigenvalue weighted by Gasteiger charge is -2.18. The van der Waals surface area contributed by atoms with Gasteiger partial charge in [-0.05, 0) is 70.6 Å². The standard InChI is InChI=1S/C73H130O6/c1-4-7-10-13-16-19-22-25-27-28-29-30-31-32-33-34-35-36-37-38-39-40-41-42-43-44-46-48-51-54-57-60-63-66-72(75)78-69-70(68-77-71(74)65-62-59-56-53-50-47-24-21-18-15-12-9-6-3)79-73(76)67-64-61-58-55-52-49-45-26-23-20-17-14-11-8-5-2/h8,11,17,20-21,24,26,45,52,55,61,64,70H,4-7,9-10,12-16,18-19,22-23,25,27-44,46-51,53-54,56-60,62-63,65-69H2,1-3H3/b11-8-,20-17-,24-21-,45-26-,55-52-,64-61-. The van der Waals surface area contributed by atoms with Gasteiger partial charge in [0, 0.05) is 12.8 Å². The monoisotopic (exact) mass is 1100 g/mol. The van der Waals surface area contributed by atoms with E-state index in [1.807, 2.05) is 6.08 Å². The lowest BCUT2D eigenvalue weighted by atomic mass is 10.0. The SMILES string of the molecule is CC/C=C\C/C=C\C/C=C\C/C=C\C/C=C\CC(=O)OC(COC(=O)CCCCCCC/C=C\CCCCCC)COC(=O)CCCCCCCCCCCCCCCCCCCCCCCCCCCCCCCCCCC. The highest BCUT2D eigenvalue weighted by Crippen LogP contribution is 2.18. The fourth-order valence-corrected chi connectivity index (χ4v) is 10.1. The first-order valence-corrected chi connectivity index (χ1v) is 34.4. The first kappa shape index (κ1) is 75.8. The van der Waals surface area contributed by atoms with Crippen LogP contribution in [0.25, 0.3) is 0 Å². The quantitative estimate of drug-likeness (QED) is 0.0261. The van der Waals surface area contributed by atoms with E-state index >= 15 is 0 Å². The number of hydrogen-bond acceptors (Lipinski definition) is 6. The van der Waals surface area contributed by atoms with Crippen LogP contribution in [0.4, 0.5) is 0 Å². The van der Waals surface area contributed by atoms with Crippen molar-refractivity contribution < 1.29 is 28.6 Å². The number of hydrogen-bond donors (Lipinski definition) is 0. The average molecular weight is 1100 g/mol. The molecule has 6 heteroatoms. The summed E-state index contributed by atoms with van der Waals surface area (Å²) in [6.45, 7) is 6.46. The van der Waals surface area contributed by atoms with Gasteiger partial charge in [-0.25, -0.2) is 0 Å². The number of esters is 3. The lowest BCUT2D eigenvalue weighted by Crippen LogP contribution is -2.30. The van der Waals surface area contributed by atoms with Gasteiger partial charge in [-0.15, -0.1) is 0 Å². The summed E-state index contributed by atoms with van der Waals surface area (Å²) in [5.74, 6) is -1.04. The maximum atomic E-state index is 12.8. The van der Waals surface area contributed by atoms with Gasteiger partial charge in [0.2, 0.25) is 0 Å². The van der Waals surface area contributed by atoms with Crippen LogP contribution in [0.1, 0.15) is 355 Å². The van der Waals surface area contributed by atoms with Crippen molar-refractivity contribution in [2.75, 3.05) is 13.2 Å². The highest BCUT2D eigenvalue weighted by atomic mass is 16.6. The Labute approximate surface area is 491 Å². The predicted molar refractivity (Wildman–Crippen MR) is 344 cm³/mol. The van der Waals surface area contributed by atoms with Gasteiger partial charge in [0.15, 0.2) is 6.10 Å². The van der Waals surface area contributed by atoms with Gasteiger partial charge in [0.1, 0.15) is 13.2 Å². The van der Waals surface area contributed by atoms with Crippen LogP contribution in [0, 0.1) is 0 Å². The van der Waals surface area contributed by atoms with E-state index < -0.39 is 12.1 Å². The van der Waals surface area contributed by atoms with Crippen LogP contribution >= 0.6 is 0 Å². The summed E-state index contributed by atoms with van der Waals surface area (Å²) in [7, 11) is 0. The average Bonchev–Trinajstić information content (AvgIpc) is 3.45. The van der Waals surface area contributed by atoms with E-state index in [2.05, 4.69) is 81.5 Å². The van der Waals surface area contributed by atoms with Crippen molar-refractivity contribution in [3.05, 3.63) is 72.9 Å². The van der Waals surface area contributed by atoms with Crippen molar-refractivity contribution in [3.8, 4) is 0 Å². The third kappa shape index (κ3) is 65.5. The summed E-state index contributed by atoms with van der Waals surface area (Å²) in [6.07, 6.45) is 88.4. The maximum absolute atomic E-state index is 12.8. The molecule has 0 saturated heterocycles. The van der Waals surface area contributed by atoms with E-state index in [0.717, 1.165) is 83.5 Å². The summed E-state index contributed by atoms with van der Waals surface area (Å²) in [6, 6.07) is 0. The van der Waals surface area contributed by atoms with E-state index in [-0.39, 0.29) is 31.6 Å². The minimum atomic E-state index is -0.832. The number of unbranched alkanes of at least 4 members (excludes halogenated alkanes) is 41. The minimum absolute atomic E-state index is 0.0976. The van der Waals surface area contributed by atoms with Gasteiger partial charge in [-0.2, -0.15) is 0 Å². The predicted octanol–water partition coefficient (Wildman–Crippen LogP) is 23.7. The van der Waals surface area contributed by atoms with Crippen LogP contribution < -0.4 is 0 Å². The molecule has 0 rings (SSSR count). The highest BCUT2D eigenvalue weighted by molar-refractivity contribution is 5.72. The number of ether oxygens (including phenoxy) is 3. The van der Waals surface area contributed by atoms with E-state index in [0.29, 0.717) is 12.8 Å². The molecule has 1 unspecified atom stereocenters. The summed E-state index contributed by atoms with van der Waals surface area (Å²) in [5.41, 5.74) is 0. The molecule has 0 saturated carbocycles. The zero-order valence-corrected chi connectivity index (χ0v) is 52.6. The van der Waals surface area contributed by atoms with Crippen molar-refractivity contribution in [1.29, 1.82) is 0 Å². The fourth-order valence-electron chi connectivity index (χ4n) is 10.1. The molecule has 0 aliphatic carbocycles. The van der Waals surface area contributed by atoms with Crippen LogP contribution in [0.3, 0.4) is 0 Å². The summed E-state index contributed by atoms with van der Waals surface area (Å²) in [4.78, 5) is 38.2. The molecule has 0 aromatic carbocycles. The third-order valence-corrected chi connectivity index (χ3v) is 15.2. The van der Waals surface area contributed by atoms with Crippen molar-refractivity contribution in [1.82, 2.24) is 0 Å². The molecule has 0 aliphatic rings. The largest absolute Gasteiger partial charge is 0.462 e. The first-order valence-electron chi connectivity index (χ1n) is 34.4. The number of allylic oxidation sites excluding steroid dienone is 11. The van der Waals surface area contributed by atoms with Crippen LogP contribution in [0.2, 0.25) is 0 Å². The molecule has 0 radical (unpaired) electrons. The zero-order valence-electron chi connectivity index (χ0n) is 52.6. The lowest BCUT2D eigenvalue weighted by molar-refractivity contribution is -0.166. The Kier molecular flexibility index (Phi) is 64.7. The molecule has 0 bridgehead atoms. The smallest absolute Gasteiger partial charge is 0.310 e. The van der Waals surface area contributed by atoms with Gasteiger partial charge < -0.3 is 14.2 Å². The van der Waals surface area contributed by atoms with Crippen molar-refractivity contribution in [2.45, 2.75) is 361 Å². The van der Waals surface area contributed by atoms with E-state index in [9.17, 15) is 14.4 Å². The Balaban J connectivity index is 4.14. The molecule has 458 valence electrons.